The van der Waals surface area contributed by atoms with Gasteiger partial charge in [0, 0.05) is 0 Å². The molecule has 0 aliphatic heterocycles. The van der Waals surface area contributed by atoms with Crippen molar-refractivity contribution in [3.8, 4) is 5.75 Å². The summed E-state index contributed by atoms with van der Waals surface area (Å²) in [4.78, 5) is 12.0. The molecule has 0 fully saturated rings. The van der Waals surface area contributed by atoms with Gasteiger partial charge in [0.15, 0.2) is 0 Å². The molecule has 0 radical (unpaired) electrons. The summed E-state index contributed by atoms with van der Waals surface area (Å²) >= 11 is 0. The van der Waals surface area contributed by atoms with Crippen molar-refractivity contribution >= 4 is 13.6 Å². The summed E-state index contributed by atoms with van der Waals surface area (Å²) in [5.41, 5.74) is 1.28. The fourth-order valence-electron chi connectivity index (χ4n) is 2.15. The van der Waals surface area contributed by atoms with E-state index in [2.05, 4.69) is 0 Å². The predicted octanol–water partition coefficient (Wildman–Crippen LogP) is 4.67. The predicted molar refractivity (Wildman–Crippen MR) is 92.4 cm³/mol. The van der Waals surface area contributed by atoms with Crippen LogP contribution >= 0.6 is 7.60 Å². The molecule has 0 saturated carbocycles. The second-order valence-electron chi connectivity index (χ2n) is 5.00. The molecule has 24 heavy (non-hydrogen) atoms. The third kappa shape index (κ3) is 5.31. The molecule has 0 amide bonds. The summed E-state index contributed by atoms with van der Waals surface area (Å²) in [6.07, 6.45) is 0.182. The molecule has 5 nitrogen and oxygen atoms in total. The number of hydrogen-bond acceptors (Lipinski definition) is 5. The molecule has 0 bridgehead atoms. The van der Waals surface area contributed by atoms with Crippen molar-refractivity contribution < 1.29 is 23.1 Å². The number of hydrogen-bond donors (Lipinski definition) is 0. The zero-order chi connectivity index (χ0) is 17.4. The van der Waals surface area contributed by atoms with E-state index in [0.29, 0.717) is 24.5 Å². The Labute approximate surface area is 142 Å². The van der Waals surface area contributed by atoms with Gasteiger partial charge in [0.25, 0.3) is 0 Å². The number of ether oxygens (including phenoxy) is 1. The van der Waals surface area contributed by atoms with E-state index >= 15 is 0 Å². The van der Waals surface area contributed by atoms with E-state index in [0.717, 1.165) is 5.56 Å². The van der Waals surface area contributed by atoms with Crippen LogP contribution in [-0.4, -0.2) is 19.2 Å². The lowest BCUT2D eigenvalue weighted by Crippen LogP contribution is -2.08. The lowest BCUT2D eigenvalue weighted by molar-refractivity contribution is 0.0734. The lowest BCUT2D eigenvalue weighted by Gasteiger charge is -2.17. The normalized spacial score (nSPS) is 11.2. The molecule has 2 rings (SSSR count). The molecule has 0 saturated heterocycles. The minimum atomic E-state index is -3.14. The number of rotatable bonds is 8. The summed E-state index contributed by atoms with van der Waals surface area (Å²) < 4.78 is 28.4. The van der Waals surface area contributed by atoms with E-state index in [9.17, 15) is 9.36 Å². The third-order valence-corrected chi connectivity index (χ3v) is 5.23. The maximum Gasteiger partial charge on any atom is 0.343 e. The quantitative estimate of drug-likeness (QED) is 0.394. The fraction of sp³-hybridized carbons (Fsp3) is 0.278. The van der Waals surface area contributed by atoms with Crippen molar-refractivity contribution in [2.75, 3.05) is 13.2 Å². The van der Waals surface area contributed by atoms with Gasteiger partial charge >= 0.3 is 13.6 Å². The van der Waals surface area contributed by atoms with Gasteiger partial charge in [-0.3, -0.25) is 4.57 Å². The van der Waals surface area contributed by atoms with Gasteiger partial charge in [0.1, 0.15) is 5.75 Å². The molecular weight excluding hydrogens is 327 g/mol. The Hall–Kier alpha value is -1.94. The molecule has 0 heterocycles. The van der Waals surface area contributed by atoms with Crippen LogP contribution in [0.3, 0.4) is 0 Å². The zero-order valence-electron chi connectivity index (χ0n) is 13.8. The second-order valence-corrected chi connectivity index (χ2v) is 7.06. The van der Waals surface area contributed by atoms with Crippen LogP contribution < -0.4 is 4.74 Å². The molecule has 2 aromatic carbocycles. The first-order valence-corrected chi connectivity index (χ1v) is 9.53. The summed E-state index contributed by atoms with van der Waals surface area (Å²) in [6, 6.07) is 15.6. The van der Waals surface area contributed by atoms with Crippen molar-refractivity contribution in [3.63, 3.8) is 0 Å². The van der Waals surface area contributed by atoms with E-state index in [1.54, 1.807) is 62.4 Å². The van der Waals surface area contributed by atoms with Gasteiger partial charge in [0.05, 0.1) is 24.9 Å². The Kier molecular flexibility index (Phi) is 6.73. The van der Waals surface area contributed by atoms with Crippen LogP contribution in [0.4, 0.5) is 0 Å². The highest BCUT2D eigenvalue weighted by Crippen LogP contribution is 2.51. The number of esters is 1. The highest BCUT2D eigenvalue weighted by atomic mass is 31.2. The van der Waals surface area contributed by atoms with Gasteiger partial charge in [-0.25, -0.2) is 4.79 Å². The zero-order valence-corrected chi connectivity index (χ0v) is 14.7. The van der Waals surface area contributed by atoms with Crippen LogP contribution in [0.2, 0.25) is 0 Å². The van der Waals surface area contributed by atoms with E-state index in [-0.39, 0.29) is 6.16 Å². The molecule has 6 heteroatoms. The van der Waals surface area contributed by atoms with E-state index < -0.39 is 13.6 Å². The summed E-state index contributed by atoms with van der Waals surface area (Å²) in [5.74, 6) is 0.00732. The largest absolute Gasteiger partial charge is 0.423 e. The molecule has 0 aliphatic rings. The topological polar surface area (TPSA) is 61.8 Å². The number of benzene rings is 2. The molecule has 0 unspecified atom stereocenters. The van der Waals surface area contributed by atoms with Crippen LogP contribution in [-0.2, 0) is 19.8 Å². The summed E-state index contributed by atoms with van der Waals surface area (Å²) in [7, 11) is -3.14. The Morgan fingerprint density at radius 2 is 1.50 bits per heavy atom. The van der Waals surface area contributed by atoms with Crippen molar-refractivity contribution in [1.29, 1.82) is 0 Å². The van der Waals surface area contributed by atoms with Gasteiger partial charge in [0.2, 0.25) is 0 Å². The van der Waals surface area contributed by atoms with E-state index in [1.807, 2.05) is 6.07 Å². The molecule has 0 N–H and O–H groups in total. The van der Waals surface area contributed by atoms with Crippen LogP contribution in [0, 0.1) is 0 Å². The summed E-state index contributed by atoms with van der Waals surface area (Å²) in [6.45, 7) is 4.20. The van der Waals surface area contributed by atoms with Gasteiger partial charge in [-0.1, -0.05) is 30.3 Å². The standard InChI is InChI=1S/C18H21O5P/c1-3-21-24(20,22-4-2)14-15-10-12-17(13-11-15)23-18(19)16-8-6-5-7-9-16/h5-13H,3-4,14H2,1-2H3. The smallest absolute Gasteiger partial charge is 0.343 e. The highest BCUT2D eigenvalue weighted by molar-refractivity contribution is 7.53. The number of carbonyl (C=O) groups is 1. The lowest BCUT2D eigenvalue weighted by atomic mass is 10.2. The highest BCUT2D eigenvalue weighted by Gasteiger charge is 2.24. The molecule has 0 spiro atoms. The monoisotopic (exact) mass is 348 g/mol. The van der Waals surface area contributed by atoms with Crippen molar-refractivity contribution in [2.24, 2.45) is 0 Å². The minimum Gasteiger partial charge on any atom is -0.423 e. The fourth-order valence-corrected chi connectivity index (χ4v) is 3.85. The molecule has 0 aliphatic carbocycles. The maximum atomic E-state index is 12.5. The first-order valence-electron chi connectivity index (χ1n) is 7.80. The molecule has 128 valence electrons. The molecule has 0 aromatic heterocycles. The minimum absolute atomic E-state index is 0.182. The van der Waals surface area contributed by atoms with Crippen molar-refractivity contribution in [1.82, 2.24) is 0 Å². The first-order chi connectivity index (χ1) is 11.6. The average Bonchev–Trinajstić information content (AvgIpc) is 2.58. The Morgan fingerprint density at radius 3 is 2.04 bits per heavy atom. The van der Waals surface area contributed by atoms with Gasteiger partial charge in [-0.15, -0.1) is 0 Å². The molecule has 0 atom stereocenters. The van der Waals surface area contributed by atoms with Crippen LogP contribution in [0.25, 0.3) is 0 Å². The first kappa shape index (κ1) is 18.4. The third-order valence-electron chi connectivity index (χ3n) is 3.17. The summed E-state index contributed by atoms with van der Waals surface area (Å²) in [5, 5.41) is 0. The van der Waals surface area contributed by atoms with Gasteiger partial charge in [-0.2, -0.15) is 0 Å². The second kappa shape index (κ2) is 8.78. The Balaban J connectivity index is 2.02. The van der Waals surface area contributed by atoms with Crippen LogP contribution in [0.1, 0.15) is 29.8 Å². The number of carbonyl (C=O) groups excluding carboxylic acids is 1. The van der Waals surface area contributed by atoms with Crippen molar-refractivity contribution in [2.45, 2.75) is 20.0 Å². The van der Waals surface area contributed by atoms with E-state index in [1.165, 1.54) is 0 Å². The average molecular weight is 348 g/mol. The van der Waals surface area contributed by atoms with Crippen LogP contribution in [0.15, 0.2) is 54.6 Å². The van der Waals surface area contributed by atoms with Crippen molar-refractivity contribution in [3.05, 3.63) is 65.7 Å². The van der Waals surface area contributed by atoms with E-state index in [4.69, 9.17) is 13.8 Å². The van der Waals surface area contributed by atoms with Gasteiger partial charge in [-0.05, 0) is 43.7 Å². The molecular formula is C18H21O5P. The van der Waals surface area contributed by atoms with Crippen LogP contribution in [0.5, 0.6) is 5.75 Å². The Bertz CT molecular complexity index is 687. The Morgan fingerprint density at radius 1 is 0.917 bits per heavy atom. The van der Waals surface area contributed by atoms with Gasteiger partial charge < -0.3 is 13.8 Å². The molecule has 2 aromatic rings. The maximum absolute atomic E-state index is 12.5. The SMILES string of the molecule is CCOP(=O)(Cc1ccc(OC(=O)c2ccccc2)cc1)OCC.